The van der Waals surface area contributed by atoms with E-state index in [2.05, 4.69) is 30.3 Å². The van der Waals surface area contributed by atoms with Gasteiger partial charge in [-0.2, -0.15) is 54.5 Å². The lowest BCUT2D eigenvalue weighted by Crippen LogP contribution is -2.21. The Balaban J connectivity index is 1.52. The van der Waals surface area contributed by atoms with E-state index in [1.807, 2.05) is 0 Å². The second-order valence-electron chi connectivity index (χ2n) is 8.50. The van der Waals surface area contributed by atoms with Crippen LogP contribution in [-0.4, -0.2) is 27.7 Å². The number of rotatable bonds is 8. The van der Waals surface area contributed by atoms with Crippen LogP contribution in [0.4, 0.5) is 57.1 Å². The van der Waals surface area contributed by atoms with E-state index in [-0.39, 0.29) is 24.1 Å². The van der Waals surface area contributed by atoms with Crippen LogP contribution in [0.5, 0.6) is 6.01 Å². The topological polar surface area (TPSA) is 72.0 Å². The van der Waals surface area contributed by atoms with Crippen LogP contribution in [0.3, 0.4) is 0 Å². The molecule has 0 atom stereocenters. The monoisotopic (exact) mass is 587 g/mol. The number of hydrogen-bond acceptors (Lipinski definition) is 6. The zero-order chi connectivity index (χ0) is 29.8. The van der Waals surface area contributed by atoms with Crippen LogP contribution in [0, 0.1) is 0 Å². The van der Waals surface area contributed by atoms with Crippen LogP contribution in [0.1, 0.15) is 16.7 Å². The molecule has 0 bridgehead atoms. The minimum absolute atomic E-state index is 0.0224. The summed E-state index contributed by atoms with van der Waals surface area (Å²) in [6.07, 6.45) is -13.8. The molecule has 6 nitrogen and oxygen atoms in total. The van der Waals surface area contributed by atoms with Crippen molar-refractivity contribution in [1.82, 2.24) is 15.0 Å². The predicted octanol–water partition coefficient (Wildman–Crippen LogP) is 7.87. The Morgan fingerprint density at radius 1 is 0.634 bits per heavy atom. The van der Waals surface area contributed by atoms with E-state index in [0.717, 1.165) is 30.3 Å². The molecule has 0 aliphatic rings. The maximum absolute atomic E-state index is 13.0. The average Bonchev–Trinajstić information content (AvgIpc) is 2.90. The highest BCUT2D eigenvalue weighted by Gasteiger charge is 2.32. The Labute approximate surface area is 226 Å². The summed E-state index contributed by atoms with van der Waals surface area (Å²) >= 11 is 0. The molecule has 0 unspecified atom stereocenters. The Morgan fingerprint density at radius 3 is 1.88 bits per heavy atom. The minimum atomic E-state index is -4.71. The van der Waals surface area contributed by atoms with Gasteiger partial charge < -0.3 is 15.4 Å². The van der Waals surface area contributed by atoms with Crippen LogP contribution in [0.2, 0.25) is 0 Å². The van der Waals surface area contributed by atoms with E-state index in [1.165, 1.54) is 18.2 Å². The Hall–Kier alpha value is -4.56. The molecule has 1 heterocycles. The predicted molar refractivity (Wildman–Crippen MR) is 130 cm³/mol. The SMILES string of the molecule is FC(F)(F)COc1nc(NCc2ccc(-c3cccc(C(F)(F)F)c3)cc2)nc(Nc2cccc(C(F)(F)F)c2)n1. The highest BCUT2D eigenvalue weighted by atomic mass is 19.4. The van der Waals surface area contributed by atoms with Crippen LogP contribution in [-0.2, 0) is 18.9 Å². The summed E-state index contributed by atoms with van der Waals surface area (Å²) < 4.78 is 121. The molecule has 0 saturated heterocycles. The molecule has 2 N–H and O–H groups in total. The fourth-order valence-corrected chi connectivity index (χ4v) is 3.48. The molecule has 0 radical (unpaired) electrons. The van der Waals surface area contributed by atoms with Gasteiger partial charge in [-0.1, -0.05) is 42.5 Å². The molecule has 0 aliphatic carbocycles. The Bertz CT molecular complexity index is 1490. The molecule has 3 aromatic carbocycles. The molecule has 0 saturated carbocycles. The van der Waals surface area contributed by atoms with Gasteiger partial charge in [0.1, 0.15) is 0 Å². The molecular formula is C26H18F9N5O. The summed E-state index contributed by atoms with van der Waals surface area (Å²) in [5, 5.41) is 5.25. The third-order valence-corrected chi connectivity index (χ3v) is 5.35. The minimum Gasteiger partial charge on any atom is -0.454 e. The largest absolute Gasteiger partial charge is 0.454 e. The summed E-state index contributed by atoms with van der Waals surface area (Å²) in [6.45, 7) is -1.70. The summed E-state index contributed by atoms with van der Waals surface area (Å²) in [5.74, 6) is -0.646. The average molecular weight is 587 g/mol. The molecule has 15 heteroatoms. The number of halogens is 9. The summed E-state index contributed by atoms with van der Waals surface area (Å²) in [4.78, 5) is 11.4. The molecule has 0 aliphatic heterocycles. The van der Waals surface area contributed by atoms with Crippen LogP contribution >= 0.6 is 0 Å². The van der Waals surface area contributed by atoms with Gasteiger partial charge in [0.05, 0.1) is 11.1 Å². The highest BCUT2D eigenvalue weighted by Crippen LogP contribution is 2.33. The number of nitrogens with one attached hydrogen (secondary N) is 2. The lowest BCUT2D eigenvalue weighted by Gasteiger charge is -2.13. The lowest BCUT2D eigenvalue weighted by atomic mass is 10.0. The first-order valence-electron chi connectivity index (χ1n) is 11.6. The molecular weight excluding hydrogens is 569 g/mol. The van der Waals surface area contributed by atoms with E-state index in [9.17, 15) is 39.5 Å². The number of benzene rings is 3. The summed E-state index contributed by atoms with van der Waals surface area (Å²) in [5.41, 5.74) is -0.412. The van der Waals surface area contributed by atoms with E-state index in [4.69, 9.17) is 0 Å². The number of ether oxygens (including phenoxy) is 1. The Morgan fingerprint density at radius 2 is 1.24 bits per heavy atom. The van der Waals surface area contributed by atoms with Crippen molar-refractivity contribution in [2.45, 2.75) is 25.1 Å². The van der Waals surface area contributed by atoms with Crippen molar-refractivity contribution in [1.29, 1.82) is 0 Å². The maximum atomic E-state index is 13.0. The standard InChI is InChI=1S/C26H18F9N5O/c27-24(28,29)14-41-23-39-21(38-22(40-23)37-20-6-2-5-19(12-20)26(33,34)35)36-13-15-7-9-16(10-8-15)17-3-1-4-18(11-17)25(30,31)32/h1-12H,13-14H2,(H2,36,37,38,39,40). The fourth-order valence-electron chi connectivity index (χ4n) is 3.48. The number of anilines is 3. The van der Waals surface area contributed by atoms with E-state index < -0.39 is 42.3 Å². The molecule has 41 heavy (non-hydrogen) atoms. The zero-order valence-electron chi connectivity index (χ0n) is 20.5. The van der Waals surface area contributed by atoms with Crippen molar-refractivity contribution in [2.75, 3.05) is 17.2 Å². The van der Waals surface area contributed by atoms with Gasteiger partial charge in [-0.3, -0.25) is 0 Å². The van der Waals surface area contributed by atoms with Crippen molar-refractivity contribution < 1.29 is 44.3 Å². The fraction of sp³-hybridized carbons (Fsp3) is 0.192. The quantitative estimate of drug-likeness (QED) is 0.205. The molecule has 0 spiro atoms. The number of hydrogen-bond donors (Lipinski definition) is 2. The zero-order valence-corrected chi connectivity index (χ0v) is 20.5. The third-order valence-electron chi connectivity index (χ3n) is 5.35. The van der Waals surface area contributed by atoms with Crippen molar-refractivity contribution >= 4 is 17.6 Å². The second-order valence-corrected chi connectivity index (χ2v) is 8.50. The maximum Gasteiger partial charge on any atom is 0.422 e. The first-order valence-corrected chi connectivity index (χ1v) is 11.6. The molecule has 1 aromatic heterocycles. The van der Waals surface area contributed by atoms with Gasteiger partial charge in [0.15, 0.2) is 6.61 Å². The van der Waals surface area contributed by atoms with E-state index >= 15 is 0 Å². The number of alkyl halides is 9. The number of aromatic nitrogens is 3. The van der Waals surface area contributed by atoms with Gasteiger partial charge >= 0.3 is 24.5 Å². The van der Waals surface area contributed by atoms with Crippen molar-refractivity contribution in [3.05, 3.63) is 89.5 Å². The molecule has 0 fully saturated rings. The Kier molecular flexibility index (Phi) is 8.26. The normalized spacial score (nSPS) is 12.2. The smallest absolute Gasteiger partial charge is 0.422 e. The molecule has 0 amide bonds. The van der Waals surface area contributed by atoms with Gasteiger partial charge in [-0.25, -0.2) is 0 Å². The molecule has 4 rings (SSSR count). The highest BCUT2D eigenvalue weighted by molar-refractivity contribution is 5.64. The molecule has 4 aromatic rings. The van der Waals surface area contributed by atoms with Crippen molar-refractivity contribution in [2.24, 2.45) is 0 Å². The first kappa shape index (κ1) is 29.4. The van der Waals surface area contributed by atoms with Crippen LogP contribution in [0.25, 0.3) is 11.1 Å². The van der Waals surface area contributed by atoms with Gasteiger partial charge in [0, 0.05) is 12.2 Å². The lowest BCUT2D eigenvalue weighted by molar-refractivity contribution is -0.154. The van der Waals surface area contributed by atoms with Gasteiger partial charge in [-0.15, -0.1) is 0 Å². The van der Waals surface area contributed by atoms with Crippen molar-refractivity contribution in [3.8, 4) is 17.1 Å². The summed E-state index contributed by atoms with van der Waals surface area (Å²) in [6, 6.07) is 14.4. The van der Waals surface area contributed by atoms with Gasteiger partial charge in [-0.05, 0) is 47.0 Å². The van der Waals surface area contributed by atoms with Crippen LogP contribution in [0.15, 0.2) is 72.8 Å². The molecule has 216 valence electrons. The van der Waals surface area contributed by atoms with E-state index in [1.54, 1.807) is 24.3 Å². The van der Waals surface area contributed by atoms with Gasteiger partial charge in [0.2, 0.25) is 11.9 Å². The first-order chi connectivity index (χ1) is 19.2. The van der Waals surface area contributed by atoms with Crippen molar-refractivity contribution in [3.63, 3.8) is 0 Å². The second kappa shape index (κ2) is 11.5. The number of nitrogens with zero attached hydrogens (tertiary/aromatic N) is 3. The summed E-state index contributed by atoms with van der Waals surface area (Å²) in [7, 11) is 0. The van der Waals surface area contributed by atoms with E-state index in [0.29, 0.717) is 16.7 Å². The van der Waals surface area contributed by atoms with Crippen LogP contribution < -0.4 is 15.4 Å². The van der Waals surface area contributed by atoms with Gasteiger partial charge in [0.25, 0.3) is 0 Å². The third kappa shape index (κ3) is 8.46.